The van der Waals surface area contributed by atoms with Crippen LogP contribution in [0.3, 0.4) is 0 Å². The van der Waals surface area contributed by atoms with E-state index in [9.17, 15) is 9.59 Å². The third-order valence-electron chi connectivity index (χ3n) is 2.68. The van der Waals surface area contributed by atoms with E-state index in [-0.39, 0.29) is 17.3 Å². The molecule has 0 aromatic carbocycles. The van der Waals surface area contributed by atoms with Crippen LogP contribution in [0, 0.1) is 11.3 Å². The highest BCUT2D eigenvalue weighted by Crippen LogP contribution is 2.46. The number of thioether (sulfide) groups is 1. The van der Waals surface area contributed by atoms with Gasteiger partial charge in [-0.2, -0.15) is 0 Å². The molecule has 9 heteroatoms. The van der Waals surface area contributed by atoms with Gasteiger partial charge in [-0.15, -0.1) is 0 Å². The molecule has 134 valence electrons. The molecule has 1 aliphatic rings. The van der Waals surface area contributed by atoms with Crippen molar-refractivity contribution in [3.05, 3.63) is 0 Å². The molecule has 0 unspecified atom stereocenters. The maximum Gasteiger partial charge on any atom is 0.409 e. The summed E-state index contributed by atoms with van der Waals surface area (Å²) in [5, 5.41) is 2.69. The van der Waals surface area contributed by atoms with Gasteiger partial charge in [-0.05, 0) is 5.92 Å². The summed E-state index contributed by atoms with van der Waals surface area (Å²) in [4.78, 5) is 22.9. The maximum absolute atomic E-state index is 11.5. The molecule has 7 nitrogen and oxygen atoms in total. The molecule has 1 fully saturated rings. The lowest BCUT2D eigenvalue weighted by atomic mass is 9.97. The molecule has 0 aromatic rings. The second kappa shape index (κ2) is 10.5. The van der Waals surface area contributed by atoms with E-state index in [4.69, 9.17) is 18.3 Å². The molecule has 0 bridgehead atoms. The highest BCUT2D eigenvalue weighted by atomic mass is 32.2. The molecular formula is C14H26NO6PS. The van der Waals surface area contributed by atoms with Gasteiger partial charge < -0.3 is 19.1 Å². The van der Waals surface area contributed by atoms with Crippen LogP contribution in [-0.2, 0) is 23.1 Å². The molecule has 23 heavy (non-hydrogen) atoms. The minimum absolute atomic E-state index is 0.0227. The van der Waals surface area contributed by atoms with Gasteiger partial charge in [-0.1, -0.05) is 39.5 Å². The highest BCUT2D eigenvalue weighted by molar-refractivity contribution is 8.13. The first kappa shape index (κ1) is 20.6. The number of ether oxygens (including phenoxy) is 1. The van der Waals surface area contributed by atoms with Gasteiger partial charge in [0.2, 0.25) is 6.79 Å². The summed E-state index contributed by atoms with van der Waals surface area (Å²) in [6.07, 6.45) is -0.0437. The van der Waals surface area contributed by atoms with Gasteiger partial charge in [0.25, 0.3) is 0 Å². The van der Waals surface area contributed by atoms with Gasteiger partial charge in [0.15, 0.2) is 5.12 Å². The zero-order valence-corrected chi connectivity index (χ0v) is 15.8. The largest absolute Gasteiger partial charge is 0.422 e. The molecule has 0 atom stereocenters. The molecule has 1 N–H and O–H groups in total. The van der Waals surface area contributed by atoms with Crippen LogP contribution in [0.2, 0.25) is 0 Å². The van der Waals surface area contributed by atoms with Crippen LogP contribution in [0.5, 0.6) is 0 Å². The van der Waals surface area contributed by atoms with Gasteiger partial charge >= 0.3 is 14.7 Å². The third-order valence-corrected chi connectivity index (χ3v) is 4.57. The predicted molar refractivity (Wildman–Crippen MR) is 90.0 cm³/mol. The molecule has 1 saturated heterocycles. The Labute approximate surface area is 143 Å². The van der Waals surface area contributed by atoms with E-state index in [1.165, 1.54) is 11.8 Å². The van der Waals surface area contributed by atoms with E-state index >= 15 is 0 Å². The highest BCUT2D eigenvalue weighted by Gasteiger charge is 2.30. The quantitative estimate of drug-likeness (QED) is 0.400. The van der Waals surface area contributed by atoms with Crippen LogP contribution in [0.15, 0.2) is 0 Å². The number of carbonyl (C=O) groups excluding carboxylic acids is 2. The van der Waals surface area contributed by atoms with E-state index in [0.29, 0.717) is 37.9 Å². The maximum atomic E-state index is 11.5. The lowest BCUT2D eigenvalue weighted by molar-refractivity contribution is -0.111. The first-order valence-corrected chi connectivity index (χ1v) is 9.62. The Morgan fingerprint density at radius 1 is 1.30 bits per heavy atom. The lowest BCUT2D eigenvalue weighted by Crippen LogP contribution is -2.29. The van der Waals surface area contributed by atoms with Crippen LogP contribution < -0.4 is 5.32 Å². The van der Waals surface area contributed by atoms with Crippen LogP contribution >= 0.6 is 20.4 Å². The van der Waals surface area contributed by atoms with Crippen LogP contribution in [0.4, 0.5) is 4.79 Å². The number of amides is 1. The van der Waals surface area contributed by atoms with Crippen molar-refractivity contribution in [2.75, 3.05) is 32.3 Å². The van der Waals surface area contributed by atoms with Crippen molar-refractivity contribution in [2.24, 2.45) is 11.3 Å². The monoisotopic (exact) mass is 367 g/mol. The number of carbonyl (C=O) groups is 2. The summed E-state index contributed by atoms with van der Waals surface area (Å²) in [5.41, 5.74) is -0.0227. The summed E-state index contributed by atoms with van der Waals surface area (Å²) < 4.78 is 20.9. The van der Waals surface area contributed by atoms with Crippen molar-refractivity contribution in [1.29, 1.82) is 0 Å². The molecule has 0 spiro atoms. The van der Waals surface area contributed by atoms with Crippen molar-refractivity contribution in [1.82, 2.24) is 5.32 Å². The van der Waals surface area contributed by atoms with Crippen molar-refractivity contribution in [3.63, 3.8) is 0 Å². The van der Waals surface area contributed by atoms with Gasteiger partial charge in [-0.25, -0.2) is 4.79 Å². The van der Waals surface area contributed by atoms with Gasteiger partial charge in [0.05, 0.1) is 13.2 Å². The summed E-state index contributed by atoms with van der Waals surface area (Å²) in [7, 11) is -1.45. The number of alkyl carbamates (subject to hydrolysis) is 1. The van der Waals surface area contributed by atoms with Gasteiger partial charge in [0.1, 0.15) is 0 Å². The van der Waals surface area contributed by atoms with Gasteiger partial charge in [-0.3, -0.25) is 9.32 Å². The van der Waals surface area contributed by atoms with E-state index in [2.05, 4.69) is 5.32 Å². The Hall–Kier alpha value is -0.400. The number of hydrogen-bond donors (Lipinski definition) is 1. The Bertz CT molecular complexity index is 383. The van der Waals surface area contributed by atoms with E-state index < -0.39 is 14.7 Å². The van der Waals surface area contributed by atoms with Gasteiger partial charge in [0, 0.05) is 24.1 Å². The summed E-state index contributed by atoms with van der Waals surface area (Å²) in [6.45, 7) is 9.30. The molecule has 1 amide bonds. The smallest absolute Gasteiger partial charge is 0.409 e. The normalized spacial score (nSPS) is 18.0. The Balaban J connectivity index is 1.99. The lowest BCUT2D eigenvalue weighted by Gasteiger charge is -2.32. The fourth-order valence-corrected chi connectivity index (χ4v) is 3.65. The fourth-order valence-electron chi connectivity index (χ4n) is 1.49. The molecule has 0 aliphatic carbocycles. The van der Waals surface area contributed by atoms with Crippen LogP contribution in [-0.4, -0.2) is 43.5 Å². The van der Waals surface area contributed by atoms with E-state index in [1.54, 1.807) is 0 Å². The van der Waals surface area contributed by atoms with Crippen molar-refractivity contribution in [2.45, 2.75) is 34.1 Å². The second-order valence-electron chi connectivity index (χ2n) is 6.36. The van der Waals surface area contributed by atoms with Crippen molar-refractivity contribution in [3.8, 4) is 0 Å². The van der Waals surface area contributed by atoms with Crippen LogP contribution in [0.1, 0.15) is 34.1 Å². The standard InChI is InChI=1S/C14H26NO6PS/c1-11(2)7-12(16)23-6-5-15-13(17)18-10-21-22-19-8-14(3,4)9-20-22/h11H,5-10H2,1-4H3,(H,15,17). The Kier molecular flexibility index (Phi) is 9.39. The van der Waals surface area contributed by atoms with Crippen LogP contribution in [0.25, 0.3) is 0 Å². The fraction of sp³-hybridized carbons (Fsp3) is 0.857. The number of nitrogens with one attached hydrogen (secondary N) is 1. The number of rotatable bonds is 8. The minimum Gasteiger partial charge on any atom is -0.422 e. The molecule has 0 saturated carbocycles. The first-order valence-electron chi connectivity index (χ1n) is 7.53. The molecule has 0 aromatic heterocycles. The summed E-state index contributed by atoms with van der Waals surface area (Å²) >= 11 is 1.22. The Morgan fingerprint density at radius 2 is 1.96 bits per heavy atom. The SMILES string of the molecule is CC(C)CC(=O)SCCNC(=O)OCOP1OCC(C)(C)CO1. The van der Waals surface area contributed by atoms with E-state index in [1.807, 2.05) is 27.7 Å². The van der Waals surface area contributed by atoms with Crippen molar-refractivity contribution >= 4 is 31.6 Å². The summed E-state index contributed by atoms with van der Waals surface area (Å²) in [6, 6.07) is 0. The molecule has 0 radical (unpaired) electrons. The third kappa shape index (κ3) is 10.1. The molecule has 1 heterocycles. The minimum atomic E-state index is -1.45. The average Bonchev–Trinajstić information content (AvgIpc) is 2.45. The molecule has 1 rings (SSSR count). The topological polar surface area (TPSA) is 83.1 Å². The van der Waals surface area contributed by atoms with Crippen molar-refractivity contribution < 1.29 is 27.9 Å². The predicted octanol–water partition coefficient (Wildman–Crippen LogP) is 3.29. The summed E-state index contributed by atoms with van der Waals surface area (Å²) in [5.74, 6) is 0.872. The van der Waals surface area contributed by atoms with E-state index in [0.717, 1.165) is 0 Å². The first-order chi connectivity index (χ1) is 10.8. The molecule has 1 aliphatic heterocycles. The zero-order chi connectivity index (χ0) is 17.3. The average molecular weight is 367 g/mol. The molecular weight excluding hydrogens is 341 g/mol. The second-order valence-corrected chi connectivity index (χ2v) is 8.73. The Morgan fingerprint density at radius 3 is 2.57 bits per heavy atom. The number of hydrogen-bond acceptors (Lipinski definition) is 7. The zero-order valence-electron chi connectivity index (χ0n) is 14.1.